The van der Waals surface area contributed by atoms with Gasteiger partial charge in [0.2, 0.25) is 0 Å². The molecule has 0 spiro atoms. The lowest BCUT2D eigenvalue weighted by Gasteiger charge is -2.36. The van der Waals surface area contributed by atoms with Crippen molar-refractivity contribution in [2.24, 2.45) is 0 Å². The zero-order valence-electron chi connectivity index (χ0n) is 10.2. The summed E-state index contributed by atoms with van der Waals surface area (Å²) in [5.74, 6) is 0. The maximum Gasteiger partial charge on any atom is 0.0120 e. The molecular formula is C13H24N2. The van der Waals surface area contributed by atoms with Gasteiger partial charge in [-0.1, -0.05) is 11.6 Å². The van der Waals surface area contributed by atoms with Gasteiger partial charge >= 0.3 is 0 Å². The van der Waals surface area contributed by atoms with Crippen molar-refractivity contribution in [3.63, 3.8) is 0 Å². The lowest BCUT2D eigenvalue weighted by atomic mass is 10.0. The van der Waals surface area contributed by atoms with Crippen LogP contribution in [-0.2, 0) is 0 Å². The minimum Gasteiger partial charge on any atom is -0.306 e. The van der Waals surface area contributed by atoms with Crippen LogP contribution in [0, 0.1) is 0 Å². The van der Waals surface area contributed by atoms with Gasteiger partial charge in [-0.15, -0.1) is 0 Å². The summed E-state index contributed by atoms with van der Waals surface area (Å²) >= 11 is 0. The maximum absolute atomic E-state index is 2.72. The molecule has 2 rings (SSSR count). The van der Waals surface area contributed by atoms with Crippen molar-refractivity contribution >= 4 is 0 Å². The molecule has 0 bridgehead atoms. The average Bonchev–Trinajstić information content (AvgIpc) is 2.44. The number of hydrogen-bond donors (Lipinski definition) is 0. The Balaban J connectivity index is 1.84. The molecule has 86 valence electrons. The molecule has 0 radical (unpaired) electrons. The predicted molar refractivity (Wildman–Crippen MR) is 65.1 cm³/mol. The Labute approximate surface area is 93.9 Å². The molecule has 0 aliphatic carbocycles. The Morgan fingerprint density at radius 2 is 1.87 bits per heavy atom. The van der Waals surface area contributed by atoms with Crippen molar-refractivity contribution in [3.05, 3.63) is 11.6 Å². The molecule has 1 fully saturated rings. The third-order valence-corrected chi connectivity index (χ3v) is 3.91. The molecule has 2 aliphatic rings. The standard InChI is InChI=1S/C13H24N2/c1-12-4-3-8-15(11-5-12)13-6-9-14(2)10-7-13/h4,13H,3,5-11H2,1-2H3. The maximum atomic E-state index is 2.72. The lowest BCUT2D eigenvalue weighted by molar-refractivity contribution is 0.125. The first kappa shape index (κ1) is 11.2. The molecule has 0 unspecified atom stereocenters. The van der Waals surface area contributed by atoms with E-state index in [0.29, 0.717) is 0 Å². The third-order valence-electron chi connectivity index (χ3n) is 3.91. The smallest absolute Gasteiger partial charge is 0.0120 e. The van der Waals surface area contributed by atoms with E-state index in [1.807, 2.05) is 0 Å². The second-order valence-corrected chi connectivity index (χ2v) is 5.16. The minimum atomic E-state index is 0.862. The Morgan fingerprint density at radius 1 is 1.13 bits per heavy atom. The Kier molecular flexibility index (Phi) is 3.81. The fraction of sp³-hybridized carbons (Fsp3) is 0.846. The van der Waals surface area contributed by atoms with Gasteiger partial charge in [-0.25, -0.2) is 0 Å². The van der Waals surface area contributed by atoms with Crippen molar-refractivity contribution in [2.75, 3.05) is 33.2 Å². The molecule has 0 N–H and O–H groups in total. The second kappa shape index (κ2) is 5.13. The van der Waals surface area contributed by atoms with Crippen molar-refractivity contribution in [1.29, 1.82) is 0 Å². The van der Waals surface area contributed by atoms with Crippen molar-refractivity contribution < 1.29 is 0 Å². The molecule has 0 atom stereocenters. The number of piperidine rings is 1. The highest BCUT2D eigenvalue weighted by Crippen LogP contribution is 2.19. The van der Waals surface area contributed by atoms with Crippen molar-refractivity contribution in [1.82, 2.24) is 9.80 Å². The minimum absolute atomic E-state index is 0.862. The molecular weight excluding hydrogens is 184 g/mol. The Hall–Kier alpha value is -0.340. The number of rotatable bonds is 1. The van der Waals surface area contributed by atoms with Gasteiger partial charge in [-0.2, -0.15) is 0 Å². The second-order valence-electron chi connectivity index (χ2n) is 5.16. The summed E-state index contributed by atoms with van der Waals surface area (Å²) in [6.45, 7) is 7.42. The van der Waals surface area contributed by atoms with E-state index in [9.17, 15) is 0 Å². The van der Waals surface area contributed by atoms with Gasteiger partial charge in [0, 0.05) is 19.1 Å². The molecule has 0 aromatic rings. The fourth-order valence-corrected chi connectivity index (χ4v) is 2.74. The summed E-state index contributed by atoms with van der Waals surface area (Å²) in [6, 6.07) is 0.862. The van der Waals surface area contributed by atoms with E-state index < -0.39 is 0 Å². The number of likely N-dealkylation sites (tertiary alicyclic amines) is 1. The summed E-state index contributed by atoms with van der Waals surface area (Å²) < 4.78 is 0. The Bertz CT molecular complexity index is 227. The van der Waals surface area contributed by atoms with Gasteiger partial charge in [0.15, 0.2) is 0 Å². The van der Waals surface area contributed by atoms with Crippen LogP contribution in [0.1, 0.15) is 32.6 Å². The van der Waals surface area contributed by atoms with Gasteiger partial charge in [-0.3, -0.25) is 4.90 Å². The normalized spacial score (nSPS) is 27.5. The predicted octanol–water partition coefficient (Wildman–Crippen LogP) is 2.12. The van der Waals surface area contributed by atoms with Crippen LogP contribution >= 0.6 is 0 Å². The molecule has 0 aromatic heterocycles. The highest BCUT2D eigenvalue weighted by atomic mass is 15.2. The van der Waals surface area contributed by atoms with Crippen LogP contribution in [0.4, 0.5) is 0 Å². The molecule has 2 nitrogen and oxygen atoms in total. The van der Waals surface area contributed by atoms with Crippen LogP contribution in [0.3, 0.4) is 0 Å². The van der Waals surface area contributed by atoms with E-state index in [-0.39, 0.29) is 0 Å². The highest BCUT2D eigenvalue weighted by Gasteiger charge is 2.23. The van der Waals surface area contributed by atoms with E-state index >= 15 is 0 Å². The zero-order valence-corrected chi connectivity index (χ0v) is 10.2. The summed E-state index contributed by atoms with van der Waals surface area (Å²) in [6.07, 6.45) is 7.71. The number of hydrogen-bond acceptors (Lipinski definition) is 2. The van der Waals surface area contributed by atoms with Gasteiger partial charge in [0.1, 0.15) is 0 Å². The molecule has 15 heavy (non-hydrogen) atoms. The van der Waals surface area contributed by atoms with Crippen LogP contribution in [0.2, 0.25) is 0 Å². The molecule has 2 aliphatic heterocycles. The van der Waals surface area contributed by atoms with E-state index in [4.69, 9.17) is 0 Å². The summed E-state index contributed by atoms with van der Waals surface area (Å²) in [5, 5.41) is 0. The van der Waals surface area contributed by atoms with Crippen LogP contribution in [0.5, 0.6) is 0 Å². The number of nitrogens with zero attached hydrogens (tertiary/aromatic N) is 2. The van der Waals surface area contributed by atoms with Crippen LogP contribution in [0.15, 0.2) is 11.6 Å². The third kappa shape index (κ3) is 3.05. The average molecular weight is 208 g/mol. The summed E-state index contributed by atoms with van der Waals surface area (Å²) in [4.78, 5) is 5.18. The summed E-state index contributed by atoms with van der Waals surface area (Å²) in [5.41, 5.74) is 1.59. The van der Waals surface area contributed by atoms with E-state index in [1.165, 1.54) is 51.9 Å². The Morgan fingerprint density at radius 3 is 2.60 bits per heavy atom. The van der Waals surface area contributed by atoms with E-state index in [2.05, 4.69) is 29.8 Å². The SMILES string of the molecule is CC1=CCCN(C2CCN(C)CC2)CC1. The van der Waals surface area contributed by atoms with E-state index in [0.717, 1.165) is 6.04 Å². The molecule has 1 saturated heterocycles. The molecule has 0 aromatic carbocycles. The zero-order chi connectivity index (χ0) is 10.7. The van der Waals surface area contributed by atoms with E-state index in [1.54, 1.807) is 5.57 Å². The van der Waals surface area contributed by atoms with Gasteiger partial charge in [0.25, 0.3) is 0 Å². The van der Waals surface area contributed by atoms with Gasteiger partial charge < -0.3 is 4.90 Å². The topological polar surface area (TPSA) is 6.48 Å². The quantitative estimate of drug-likeness (QED) is 0.609. The molecule has 0 saturated carbocycles. The van der Waals surface area contributed by atoms with Gasteiger partial charge in [-0.05, 0) is 52.7 Å². The first-order chi connectivity index (χ1) is 7.25. The van der Waals surface area contributed by atoms with Crippen LogP contribution < -0.4 is 0 Å². The largest absolute Gasteiger partial charge is 0.306 e. The van der Waals surface area contributed by atoms with Crippen LogP contribution in [0.25, 0.3) is 0 Å². The van der Waals surface area contributed by atoms with Crippen molar-refractivity contribution in [2.45, 2.75) is 38.6 Å². The first-order valence-corrected chi connectivity index (χ1v) is 6.34. The fourth-order valence-electron chi connectivity index (χ4n) is 2.74. The first-order valence-electron chi connectivity index (χ1n) is 6.34. The van der Waals surface area contributed by atoms with Gasteiger partial charge in [0.05, 0.1) is 0 Å². The molecule has 2 heteroatoms. The highest BCUT2D eigenvalue weighted by molar-refractivity contribution is 5.01. The summed E-state index contributed by atoms with van der Waals surface area (Å²) in [7, 11) is 2.24. The molecule has 2 heterocycles. The lowest BCUT2D eigenvalue weighted by Crippen LogP contribution is -2.44. The molecule has 0 amide bonds. The monoisotopic (exact) mass is 208 g/mol. The van der Waals surface area contributed by atoms with Crippen molar-refractivity contribution in [3.8, 4) is 0 Å². The van der Waals surface area contributed by atoms with Crippen LogP contribution in [-0.4, -0.2) is 49.1 Å².